The van der Waals surface area contributed by atoms with E-state index in [0.717, 1.165) is 25.8 Å². The fourth-order valence-corrected chi connectivity index (χ4v) is 4.90. The Kier molecular flexibility index (Phi) is 7.34. The smallest absolute Gasteiger partial charge is 0.293 e. The highest BCUT2D eigenvalue weighted by Crippen LogP contribution is 2.38. The highest BCUT2D eigenvalue weighted by atomic mass is 127. The van der Waals surface area contributed by atoms with Crippen molar-refractivity contribution >= 4 is 51.6 Å². The van der Waals surface area contributed by atoms with E-state index >= 15 is 0 Å². The van der Waals surface area contributed by atoms with Gasteiger partial charge >= 0.3 is 0 Å². The maximum Gasteiger partial charge on any atom is 0.293 e. The van der Waals surface area contributed by atoms with E-state index in [1.54, 1.807) is 37.5 Å². The fourth-order valence-electron chi connectivity index (χ4n) is 3.28. The number of carbonyl (C=O) groups excluding carboxylic acids is 2. The minimum atomic E-state index is -0.453. The lowest BCUT2D eigenvalue weighted by atomic mass is 10.1. The molecule has 0 spiro atoms. The maximum atomic E-state index is 14.0. The molecular formula is C25H19FINO4S. The molecule has 0 saturated carbocycles. The predicted octanol–water partition coefficient (Wildman–Crippen LogP) is 6.25. The molecule has 1 heterocycles. The lowest BCUT2D eigenvalue weighted by molar-refractivity contribution is -0.123. The third-order valence-electron chi connectivity index (χ3n) is 4.94. The van der Waals surface area contributed by atoms with Crippen LogP contribution in [0.2, 0.25) is 0 Å². The van der Waals surface area contributed by atoms with Gasteiger partial charge in [-0.25, -0.2) is 4.39 Å². The first-order valence-corrected chi connectivity index (χ1v) is 11.9. The molecule has 1 fully saturated rings. The molecule has 0 aliphatic carbocycles. The molecule has 0 aromatic heterocycles. The summed E-state index contributed by atoms with van der Waals surface area (Å²) in [5.41, 5.74) is 2.01. The van der Waals surface area contributed by atoms with Gasteiger partial charge in [0.25, 0.3) is 11.1 Å². The van der Waals surface area contributed by atoms with Crippen molar-refractivity contribution in [3.8, 4) is 11.5 Å². The number of imide groups is 1. The minimum Gasteiger partial charge on any atom is -0.493 e. The molecule has 3 aromatic carbocycles. The Morgan fingerprint density at radius 3 is 2.52 bits per heavy atom. The molecule has 0 radical (unpaired) electrons. The number of ether oxygens (including phenoxy) is 2. The summed E-state index contributed by atoms with van der Waals surface area (Å²) < 4.78 is 26.3. The van der Waals surface area contributed by atoms with Crippen LogP contribution in [0.5, 0.6) is 11.5 Å². The van der Waals surface area contributed by atoms with E-state index in [9.17, 15) is 14.0 Å². The second kappa shape index (κ2) is 10.4. The number of halogens is 2. The number of nitrogens with zero attached hydrogens (tertiary/aromatic N) is 1. The van der Waals surface area contributed by atoms with Gasteiger partial charge in [-0.3, -0.25) is 14.5 Å². The van der Waals surface area contributed by atoms with Crippen LogP contribution in [0.4, 0.5) is 9.18 Å². The van der Waals surface area contributed by atoms with Gasteiger partial charge in [0.2, 0.25) is 0 Å². The van der Waals surface area contributed by atoms with E-state index in [1.807, 2.05) is 36.4 Å². The number of methoxy groups -OCH3 is 1. The van der Waals surface area contributed by atoms with Gasteiger partial charge in [-0.2, -0.15) is 0 Å². The molecule has 8 heteroatoms. The summed E-state index contributed by atoms with van der Waals surface area (Å²) in [5, 5.41) is -0.432. The normalized spacial score (nSPS) is 14.8. The molecule has 168 valence electrons. The van der Waals surface area contributed by atoms with Crippen LogP contribution in [-0.4, -0.2) is 23.2 Å². The molecule has 4 rings (SSSR count). The van der Waals surface area contributed by atoms with Crippen molar-refractivity contribution in [1.82, 2.24) is 4.90 Å². The predicted molar refractivity (Wildman–Crippen MR) is 134 cm³/mol. The first-order valence-electron chi connectivity index (χ1n) is 9.99. The van der Waals surface area contributed by atoms with Crippen LogP contribution in [0.1, 0.15) is 16.7 Å². The number of hydrogen-bond acceptors (Lipinski definition) is 5. The largest absolute Gasteiger partial charge is 0.493 e. The van der Waals surface area contributed by atoms with E-state index in [4.69, 9.17) is 9.47 Å². The van der Waals surface area contributed by atoms with Crippen molar-refractivity contribution in [3.63, 3.8) is 0 Å². The number of hydrogen-bond donors (Lipinski definition) is 0. The van der Waals surface area contributed by atoms with E-state index in [1.165, 1.54) is 6.07 Å². The van der Waals surface area contributed by atoms with Crippen LogP contribution in [0.25, 0.3) is 6.08 Å². The zero-order valence-electron chi connectivity index (χ0n) is 17.6. The Bertz CT molecular complexity index is 1230. The molecule has 3 aromatic rings. The SMILES string of the molecule is COc1cc(/C=C2\SC(=O)N(Cc3ccccc3F)C2=O)cc(I)c1OCc1ccccc1. The Labute approximate surface area is 208 Å². The molecule has 0 N–H and O–H groups in total. The zero-order chi connectivity index (χ0) is 23.4. The molecule has 0 bridgehead atoms. The maximum absolute atomic E-state index is 14.0. The third-order valence-corrected chi connectivity index (χ3v) is 6.64. The summed E-state index contributed by atoms with van der Waals surface area (Å²) in [6, 6.07) is 19.5. The molecule has 33 heavy (non-hydrogen) atoms. The van der Waals surface area contributed by atoms with Crippen molar-refractivity contribution in [1.29, 1.82) is 0 Å². The molecule has 5 nitrogen and oxygen atoms in total. The van der Waals surface area contributed by atoms with Crippen molar-refractivity contribution in [2.24, 2.45) is 0 Å². The lowest BCUT2D eigenvalue weighted by Gasteiger charge is -2.14. The Hall–Kier alpha value is -2.85. The third kappa shape index (κ3) is 5.39. The van der Waals surface area contributed by atoms with Crippen LogP contribution < -0.4 is 9.47 Å². The number of rotatable bonds is 7. The number of thioether (sulfide) groups is 1. The number of benzene rings is 3. The van der Waals surface area contributed by atoms with Crippen molar-refractivity contribution < 1.29 is 23.5 Å². The van der Waals surface area contributed by atoms with Crippen LogP contribution in [-0.2, 0) is 17.9 Å². The second-order valence-electron chi connectivity index (χ2n) is 7.17. The number of carbonyl (C=O) groups is 2. The number of amides is 2. The van der Waals surface area contributed by atoms with E-state index in [2.05, 4.69) is 22.6 Å². The summed E-state index contributed by atoms with van der Waals surface area (Å²) >= 11 is 2.99. The highest BCUT2D eigenvalue weighted by molar-refractivity contribution is 14.1. The van der Waals surface area contributed by atoms with Crippen molar-refractivity contribution in [2.45, 2.75) is 13.2 Å². The molecule has 1 aliphatic rings. The van der Waals surface area contributed by atoms with Crippen LogP contribution >= 0.6 is 34.4 Å². The van der Waals surface area contributed by atoms with E-state index in [-0.39, 0.29) is 17.0 Å². The van der Waals surface area contributed by atoms with Crippen LogP contribution in [0.3, 0.4) is 0 Å². The summed E-state index contributed by atoms with van der Waals surface area (Å²) in [5.74, 6) is 0.221. The quantitative estimate of drug-likeness (QED) is 0.246. The molecule has 1 aliphatic heterocycles. The summed E-state index contributed by atoms with van der Waals surface area (Å²) in [6.07, 6.45) is 1.64. The van der Waals surface area contributed by atoms with Gasteiger partial charge in [0.1, 0.15) is 12.4 Å². The first kappa shape index (κ1) is 23.3. The molecule has 2 amide bonds. The van der Waals surface area contributed by atoms with Gasteiger partial charge in [0.15, 0.2) is 11.5 Å². The van der Waals surface area contributed by atoms with E-state index in [0.29, 0.717) is 23.7 Å². The average Bonchev–Trinajstić information content (AvgIpc) is 3.07. The van der Waals surface area contributed by atoms with Gasteiger partial charge in [0.05, 0.1) is 22.1 Å². The van der Waals surface area contributed by atoms with Gasteiger partial charge in [-0.05, 0) is 69.8 Å². The van der Waals surface area contributed by atoms with E-state index < -0.39 is 17.0 Å². The summed E-state index contributed by atoms with van der Waals surface area (Å²) in [7, 11) is 1.55. The topological polar surface area (TPSA) is 55.8 Å². The molecule has 0 atom stereocenters. The lowest BCUT2D eigenvalue weighted by Crippen LogP contribution is -2.27. The van der Waals surface area contributed by atoms with Crippen LogP contribution in [0.15, 0.2) is 71.6 Å². The minimum absolute atomic E-state index is 0.109. The van der Waals surface area contributed by atoms with Crippen LogP contribution in [0, 0.1) is 9.39 Å². The Morgan fingerprint density at radius 2 is 1.79 bits per heavy atom. The van der Waals surface area contributed by atoms with Gasteiger partial charge < -0.3 is 9.47 Å². The molecular weight excluding hydrogens is 556 g/mol. The standard InChI is InChI=1S/C25H19FINO4S/c1-31-21-12-17(11-20(27)23(21)32-15-16-7-3-2-4-8-16)13-22-24(29)28(25(30)33-22)14-18-9-5-6-10-19(18)26/h2-13H,14-15H2,1H3/b22-13-. The van der Waals surface area contributed by atoms with Gasteiger partial charge in [-0.1, -0.05) is 48.5 Å². The van der Waals surface area contributed by atoms with Crippen molar-refractivity contribution in [3.05, 3.63) is 97.7 Å². The van der Waals surface area contributed by atoms with Gasteiger partial charge in [0, 0.05) is 5.56 Å². The molecule has 0 unspecified atom stereocenters. The monoisotopic (exact) mass is 575 g/mol. The fraction of sp³-hybridized carbons (Fsp3) is 0.120. The van der Waals surface area contributed by atoms with Gasteiger partial charge in [-0.15, -0.1) is 0 Å². The average molecular weight is 575 g/mol. The zero-order valence-corrected chi connectivity index (χ0v) is 20.6. The summed E-state index contributed by atoms with van der Waals surface area (Å²) in [4.78, 5) is 26.6. The summed E-state index contributed by atoms with van der Waals surface area (Å²) in [6.45, 7) is 0.281. The first-order chi connectivity index (χ1) is 16.0. The highest BCUT2D eigenvalue weighted by Gasteiger charge is 2.35. The Balaban J connectivity index is 1.54. The molecule has 1 saturated heterocycles. The second-order valence-corrected chi connectivity index (χ2v) is 9.32. The van der Waals surface area contributed by atoms with Crippen molar-refractivity contribution in [2.75, 3.05) is 7.11 Å². The Morgan fingerprint density at radius 1 is 1.06 bits per heavy atom.